The van der Waals surface area contributed by atoms with Gasteiger partial charge in [-0.1, -0.05) is 6.92 Å². The van der Waals surface area contributed by atoms with Crippen LogP contribution in [0.2, 0.25) is 0 Å². The lowest BCUT2D eigenvalue weighted by molar-refractivity contribution is 0.523. The molecule has 0 aliphatic heterocycles. The van der Waals surface area contributed by atoms with Crippen LogP contribution in [0.15, 0.2) is 7.16 Å². The molecule has 0 nitrogen and oxygen atoms in total. The molecule has 0 aromatic carbocycles. The zero-order valence-electron chi connectivity index (χ0n) is 5.45. The molecule has 0 radical (unpaired) electrons. The molecule has 0 fully saturated rings. The molecule has 0 bridgehead atoms. The van der Waals surface area contributed by atoms with E-state index in [2.05, 4.69) is 52.1 Å². The summed E-state index contributed by atoms with van der Waals surface area (Å²) in [6.07, 6.45) is 4.03. The molecule has 1 atom stereocenters. The summed E-state index contributed by atoms with van der Waals surface area (Å²) in [6, 6.07) is 0. The molecule has 0 heterocycles. The Hall–Kier alpha value is 1.20. The zero-order chi connectivity index (χ0) is 6.85. The van der Waals surface area contributed by atoms with Crippen molar-refractivity contribution < 1.29 is 0 Å². The lowest BCUT2D eigenvalue weighted by atomic mass is 9.97. The van der Waals surface area contributed by atoms with Crippen molar-refractivity contribution in [2.24, 2.45) is 5.92 Å². The summed E-state index contributed by atoms with van der Waals surface area (Å²) in [5, 5.41) is 0. The summed E-state index contributed by atoms with van der Waals surface area (Å²) >= 11 is 4.94. The quantitative estimate of drug-likeness (QED) is 0.583. The van der Waals surface area contributed by atoms with Crippen LogP contribution < -0.4 is 0 Å². The molecule has 0 spiro atoms. The monoisotopic (exact) mass is 348 g/mol. The van der Waals surface area contributed by atoms with Crippen LogP contribution in [0.5, 0.6) is 0 Å². The molecular formula is C7H10I2. The fraction of sp³-hybridized carbons (Fsp3) is 0.714. The molecule has 0 saturated carbocycles. The molecule has 0 amide bonds. The van der Waals surface area contributed by atoms with E-state index in [1.54, 1.807) is 7.16 Å². The van der Waals surface area contributed by atoms with Gasteiger partial charge < -0.3 is 0 Å². The van der Waals surface area contributed by atoms with E-state index in [1.807, 2.05) is 0 Å². The van der Waals surface area contributed by atoms with Crippen LogP contribution in [0.4, 0.5) is 0 Å². The van der Waals surface area contributed by atoms with Crippen LogP contribution in [0.1, 0.15) is 26.2 Å². The standard InChI is InChI=1S/C7H10I2/c1-5-2-3-6(8)7(9)4-5/h5H,2-4H2,1H3. The first kappa shape index (κ1) is 8.30. The molecule has 1 unspecified atom stereocenters. The van der Waals surface area contributed by atoms with Crippen LogP contribution >= 0.6 is 45.2 Å². The summed E-state index contributed by atoms with van der Waals surface area (Å²) in [7, 11) is 0. The molecule has 52 valence electrons. The minimum atomic E-state index is 0.926. The highest BCUT2D eigenvalue weighted by Crippen LogP contribution is 2.35. The Kier molecular flexibility index (Phi) is 3.27. The van der Waals surface area contributed by atoms with Gasteiger partial charge >= 0.3 is 0 Å². The van der Waals surface area contributed by atoms with E-state index in [1.165, 1.54) is 19.3 Å². The lowest BCUT2D eigenvalue weighted by Crippen LogP contribution is -2.00. The molecule has 9 heavy (non-hydrogen) atoms. The van der Waals surface area contributed by atoms with Crippen molar-refractivity contribution in [3.63, 3.8) is 0 Å². The maximum atomic E-state index is 2.47. The molecule has 2 heteroatoms. The van der Waals surface area contributed by atoms with Gasteiger partial charge in [0.2, 0.25) is 0 Å². The third-order valence-corrected chi connectivity index (χ3v) is 4.99. The third-order valence-electron chi connectivity index (χ3n) is 1.68. The summed E-state index contributed by atoms with van der Waals surface area (Å²) in [5.41, 5.74) is 0. The maximum Gasteiger partial charge on any atom is 0.000123 e. The molecular weight excluding hydrogens is 338 g/mol. The van der Waals surface area contributed by atoms with Gasteiger partial charge in [0.1, 0.15) is 0 Å². The first-order valence-electron chi connectivity index (χ1n) is 3.23. The van der Waals surface area contributed by atoms with Crippen LogP contribution in [0.3, 0.4) is 0 Å². The highest BCUT2D eigenvalue weighted by Gasteiger charge is 2.13. The first-order chi connectivity index (χ1) is 4.20. The van der Waals surface area contributed by atoms with Crippen LogP contribution in [0, 0.1) is 5.92 Å². The van der Waals surface area contributed by atoms with Crippen molar-refractivity contribution >= 4 is 45.2 Å². The molecule has 1 aliphatic rings. The zero-order valence-corrected chi connectivity index (χ0v) is 9.77. The Labute approximate surface area is 83.8 Å². The van der Waals surface area contributed by atoms with Crippen LogP contribution in [-0.4, -0.2) is 0 Å². The predicted octanol–water partition coefficient (Wildman–Crippen LogP) is 3.89. The van der Waals surface area contributed by atoms with Crippen molar-refractivity contribution in [1.82, 2.24) is 0 Å². The second-order valence-corrected chi connectivity index (χ2v) is 5.26. The summed E-state index contributed by atoms with van der Waals surface area (Å²) < 4.78 is 3.18. The van der Waals surface area contributed by atoms with Gasteiger partial charge in [-0.2, -0.15) is 0 Å². The van der Waals surface area contributed by atoms with Crippen LogP contribution in [0.25, 0.3) is 0 Å². The number of rotatable bonds is 0. The predicted molar refractivity (Wildman–Crippen MR) is 58.1 cm³/mol. The molecule has 1 aliphatic carbocycles. The van der Waals surface area contributed by atoms with E-state index in [0.717, 1.165) is 5.92 Å². The summed E-state index contributed by atoms with van der Waals surface area (Å²) in [4.78, 5) is 0. The van der Waals surface area contributed by atoms with E-state index < -0.39 is 0 Å². The van der Waals surface area contributed by atoms with Gasteiger partial charge in [0, 0.05) is 3.58 Å². The molecule has 1 rings (SSSR count). The Morgan fingerprint density at radius 3 is 2.44 bits per heavy atom. The Morgan fingerprint density at radius 1 is 1.33 bits per heavy atom. The molecule has 0 saturated heterocycles. The molecule has 0 aromatic heterocycles. The Bertz CT molecular complexity index is 138. The fourth-order valence-electron chi connectivity index (χ4n) is 1.03. The summed E-state index contributed by atoms with van der Waals surface area (Å²) in [5.74, 6) is 0.926. The minimum absolute atomic E-state index is 0.926. The maximum absolute atomic E-state index is 2.47. The average Bonchev–Trinajstić information content (AvgIpc) is 1.80. The van der Waals surface area contributed by atoms with E-state index >= 15 is 0 Å². The van der Waals surface area contributed by atoms with Gasteiger partial charge in [-0.25, -0.2) is 0 Å². The normalized spacial score (nSPS) is 29.0. The lowest BCUT2D eigenvalue weighted by Gasteiger charge is -2.17. The van der Waals surface area contributed by atoms with Crippen molar-refractivity contribution in [1.29, 1.82) is 0 Å². The SMILES string of the molecule is CC1CCC(I)=C(I)C1. The van der Waals surface area contributed by atoms with Crippen molar-refractivity contribution in [2.75, 3.05) is 0 Å². The van der Waals surface area contributed by atoms with E-state index in [0.29, 0.717) is 0 Å². The van der Waals surface area contributed by atoms with Crippen molar-refractivity contribution in [3.05, 3.63) is 7.16 Å². The van der Waals surface area contributed by atoms with E-state index in [9.17, 15) is 0 Å². The Morgan fingerprint density at radius 2 is 2.00 bits per heavy atom. The van der Waals surface area contributed by atoms with E-state index in [4.69, 9.17) is 0 Å². The topological polar surface area (TPSA) is 0 Å². The van der Waals surface area contributed by atoms with E-state index in [-0.39, 0.29) is 0 Å². The first-order valence-corrected chi connectivity index (χ1v) is 5.39. The molecule has 0 N–H and O–H groups in total. The molecule has 0 aromatic rings. The van der Waals surface area contributed by atoms with Gasteiger partial charge in [0.15, 0.2) is 0 Å². The minimum Gasteiger partial charge on any atom is -0.0622 e. The largest absolute Gasteiger partial charge is 0.0622 e. The number of hydrogen-bond acceptors (Lipinski definition) is 0. The van der Waals surface area contributed by atoms with Crippen molar-refractivity contribution in [2.45, 2.75) is 26.2 Å². The van der Waals surface area contributed by atoms with Crippen molar-refractivity contribution in [3.8, 4) is 0 Å². The summed E-state index contributed by atoms with van der Waals surface area (Å²) in [6.45, 7) is 2.34. The second-order valence-electron chi connectivity index (χ2n) is 2.66. The third kappa shape index (κ3) is 2.37. The number of halogens is 2. The number of allylic oxidation sites excluding steroid dienone is 2. The van der Waals surface area contributed by atoms with Gasteiger partial charge in [-0.15, -0.1) is 0 Å². The van der Waals surface area contributed by atoms with Gasteiger partial charge in [0.25, 0.3) is 0 Å². The highest BCUT2D eigenvalue weighted by atomic mass is 127. The second kappa shape index (κ2) is 3.55. The fourth-order valence-corrected chi connectivity index (χ4v) is 2.58. The van der Waals surface area contributed by atoms with Gasteiger partial charge in [0.05, 0.1) is 0 Å². The average molecular weight is 348 g/mol. The smallest absolute Gasteiger partial charge is 0.000123 e. The highest BCUT2D eigenvalue weighted by molar-refractivity contribution is 14.1. The number of hydrogen-bond donors (Lipinski definition) is 0. The van der Waals surface area contributed by atoms with Gasteiger partial charge in [-0.3, -0.25) is 0 Å². The van der Waals surface area contributed by atoms with Crippen LogP contribution in [-0.2, 0) is 0 Å². The Balaban J connectivity index is 2.61. The van der Waals surface area contributed by atoms with Gasteiger partial charge in [-0.05, 0) is 73.9 Å².